The smallest absolute Gasteiger partial charge is 0.241 e. The minimum Gasteiger partial charge on any atom is -0.343 e. The highest BCUT2D eigenvalue weighted by Gasteiger charge is 2.38. The van der Waals surface area contributed by atoms with Crippen LogP contribution in [-0.4, -0.2) is 91.3 Å². The van der Waals surface area contributed by atoms with E-state index >= 15 is 0 Å². The molecule has 0 spiro atoms. The zero-order chi connectivity index (χ0) is 95.4. The van der Waals surface area contributed by atoms with Crippen molar-refractivity contribution in [3.63, 3.8) is 0 Å². The van der Waals surface area contributed by atoms with Gasteiger partial charge < -0.3 is 4.57 Å². The third-order valence-corrected chi connectivity index (χ3v) is 29.3. The summed E-state index contributed by atoms with van der Waals surface area (Å²) in [7, 11) is 2.15. The summed E-state index contributed by atoms with van der Waals surface area (Å²) in [4.78, 5) is 60.8. The number of hydrogen-bond donors (Lipinski definition) is 0. The average Bonchev–Trinajstić information content (AvgIpc) is 1.56. The van der Waals surface area contributed by atoms with Crippen molar-refractivity contribution in [2.24, 2.45) is 7.05 Å². The molecule has 11 aromatic heterocycles. The largest absolute Gasteiger partial charge is 0.343 e. The second-order valence-electron chi connectivity index (χ2n) is 36.8. The molecule has 0 fully saturated rings. The summed E-state index contributed by atoms with van der Waals surface area (Å²) in [5.41, 5.74) is 32.1. The molecule has 11 heterocycles. The van der Waals surface area contributed by atoms with Crippen molar-refractivity contribution in [2.45, 2.75) is 19.3 Å². The van der Waals surface area contributed by atoms with Crippen molar-refractivity contribution in [3.8, 4) is 131 Å². The van der Waals surface area contributed by atoms with E-state index in [-0.39, 0.29) is 5.41 Å². The molecule has 20 heteroatoms. The second kappa shape index (κ2) is 33.3. The van der Waals surface area contributed by atoms with Crippen molar-refractivity contribution < 1.29 is 0 Å². The SMILES string of the molecule is CC1(C)c2ccccc2-c2cccc(-c3ccc4c(c3)n3c5ccccc5nc3n4-c3nc(-c4ccccc4)nc(-c4ccccc4)n3)c21.Cn1c2ccccc2c2cccc(-c3ccc4c(c3)n3c5ccccc5nc3n4-c3nc(-c4ccccc4)nc(-c4ccccc4)n3)c21.c1ccc(-c2nc(-c3ccccc3)nc(-n3c4ccc(-c5cccc6c5sc5ccccc56)cc4n4c5ccccc5nc34)n2)cc1. The predicted molar refractivity (Wildman–Crippen MR) is 582 cm³/mol. The fraction of sp³-hybridized carbons (Fsp3) is 0.0323. The van der Waals surface area contributed by atoms with Gasteiger partial charge in [-0.15, -0.1) is 11.3 Å². The van der Waals surface area contributed by atoms with Gasteiger partial charge in [0.1, 0.15) is 0 Å². The van der Waals surface area contributed by atoms with Crippen LogP contribution in [0.3, 0.4) is 0 Å². The van der Waals surface area contributed by atoms with Crippen molar-refractivity contribution in [2.75, 3.05) is 0 Å². The quantitative estimate of drug-likeness (QED) is 0.113. The van der Waals surface area contributed by atoms with Crippen LogP contribution in [0.2, 0.25) is 0 Å². The first-order valence-electron chi connectivity index (χ1n) is 48.1. The molecule has 1 aliphatic rings. The number of benzene rings is 18. The van der Waals surface area contributed by atoms with Gasteiger partial charge in [-0.25, -0.2) is 43.6 Å². The van der Waals surface area contributed by atoms with Gasteiger partial charge in [-0.1, -0.05) is 366 Å². The van der Waals surface area contributed by atoms with E-state index in [1.807, 2.05) is 212 Å². The van der Waals surface area contributed by atoms with Crippen LogP contribution in [0.25, 0.3) is 256 Å². The molecule has 0 amide bonds. The van der Waals surface area contributed by atoms with E-state index in [0.717, 1.165) is 134 Å². The Labute approximate surface area is 827 Å². The topological polar surface area (TPSA) is 188 Å². The molecule has 0 saturated heterocycles. The molecule has 0 N–H and O–H groups in total. The van der Waals surface area contributed by atoms with Gasteiger partial charge in [-0.3, -0.25) is 13.2 Å². The highest BCUT2D eigenvalue weighted by atomic mass is 32.1. The lowest BCUT2D eigenvalue weighted by Gasteiger charge is -2.24. The van der Waals surface area contributed by atoms with Gasteiger partial charge in [0.05, 0.1) is 71.7 Å². The minimum absolute atomic E-state index is 0.132. The molecule has 30 rings (SSSR count). The number of hydrogen-bond acceptors (Lipinski definition) is 13. The maximum Gasteiger partial charge on any atom is 0.241 e. The Morgan fingerprint density at radius 2 is 0.528 bits per heavy atom. The predicted octanol–water partition coefficient (Wildman–Crippen LogP) is 29.2. The van der Waals surface area contributed by atoms with Gasteiger partial charge in [-0.05, 0) is 135 Å². The van der Waals surface area contributed by atoms with Gasteiger partial charge >= 0.3 is 0 Å². The van der Waals surface area contributed by atoms with Gasteiger partial charge in [0.25, 0.3) is 0 Å². The zero-order valence-corrected chi connectivity index (χ0v) is 78.8. The van der Waals surface area contributed by atoms with Crippen LogP contribution < -0.4 is 0 Å². The molecule has 678 valence electrons. The molecule has 29 aromatic rings. The fourth-order valence-corrected chi connectivity index (χ4v) is 22.8. The Bertz CT molecular complexity index is 10100. The number of rotatable bonds is 12. The summed E-state index contributed by atoms with van der Waals surface area (Å²) in [6, 6.07) is 151. The van der Waals surface area contributed by atoms with E-state index in [2.05, 4.69) is 289 Å². The zero-order valence-electron chi connectivity index (χ0n) is 78.0. The van der Waals surface area contributed by atoms with E-state index in [4.69, 9.17) is 59.8 Å². The first-order valence-corrected chi connectivity index (χ1v) is 48.9. The molecule has 0 bridgehead atoms. The van der Waals surface area contributed by atoms with Crippen molar-refractivity contribution in [3.05, 3.63) is 448 Å². The third kappa shape index (κ3) is 13.5. The summed E-state index contributed by atoms with van der Waals surface area (Å²) in [6.45, 7) is 4.68. The molecular weight excluding hydrogens is 1790 g/mol. The van der Waals surface area contributed by atoms with E-state index in [1.54, 1.807) is 0 Å². The number of fused-ring (bicyclic) bond motifs is 24. The molecule has 18 aromatic carbocycles. The highest BCUT2D eigenvalue weighted by molar-refractivity contribution is 7.26. The summed E-state index contributed by atoms with van der Waals surface area (Å²) in [5.74, 6) is 7.46. The van der Waals surface area contributed by atoms with Gasteiger partial charge in [0, 0.05) is 87.9 Å². The number of imidazole rings is 6. The second-order valence-corrected chi connectivity index (χ2v) is 37.9. The van der Waals surface area contributed by atoms with Crippen LogP contribution in [-0.2, 0) is 12.5 Å². The van der Waals surface area contributed by atoms with E-state index in [0.29, 0.717) is 52.8 Å². The van der Waals surface area contributed by atoms with Crippen LogP contribution in [0.5, 0.6) is 0 Å². The maximum absolute atomic E-state index is 5.17. The van der Waals surface area contributed by atoms with Crippen LogP contribution in [0.1, 0.15) is 25.0 Å². The molecule has 0 saturated carbocycles. The molecule has 1 aliphatic carbocycles. The Morgan fingerprint density at radius 1 is 0.215 bits per heavy atom. The Morgan fingerprint density at radius 3 is 0.958 bits per heavy atom. The molecule has 0 atom stereocenters. The molecule has 0 unspecified atom stereocenters. The Hall–Kier alpha value is -19.2. The first-order chi connectivity index (χ1) is 71.1. The van der Waals surface area contributed by atoms with Crippen LogP contribution in [0, 0.1) is 0 Å². The minimum atomic E-state index is -0.132. The van der Waals surface area contributed by atoms with Gasteiger partial charge in [0.2, 0.25) is 35.2 Å². The van der Waals surface area contributed by atoms with E-state index in [9.17, 15) is 0 Å². The Kier molecular flexibility index (Phi) is 19.2. The first kappa shape index (κ1) is 83.0. The van der Waals surface area contributed by atoms with Crippen molar-refractivity contribution in [1.82, 2.24) is 91.3 Å². The summed E-state index contributed by atoms with van der Waals surface area (Å²) < 4.78 is 17.8. The number of thiophene rings is 1. The van der Waals surface area contributed by atoms with Crippen LogP contribution in [0.15, 0.2) is 437 Å². The molecule has 144 heavy (non-hydrogen) atoms. The Balaban J connectivity index is 0.000000105. The molecule has 0 aliphatic heterocycles. The monoisotopic (exact) mass is 1870 g/mol. The lowest BCUT2D eigenvalue weighted by Crippen LogP contribution is -2.16. The third-order valence-electron chi connectivity index (χ3n) is 28.1. The number of aryl methyl sites for hydroxylation is 1. The van der Waals surface area contributed by atoms with E-state index < -0.39 is 0 Å². The lowest BCUT2D eigenvalue weighted by molar-refractivity contribution is 0.662. The summed E-state index contributed by atoms with van der Waals surface area (Å²) in [5, 5.41) is 5.08. The number of para-hydroxylation sites is 8. The van der Waals surface area contributed by atoms with Crippen molar-refractivity contribution in [1.29, 1.82) is 0 Å². The number of aromatic nitrogens is 19. The number of nitrogens with zero attached hydrogens (tertiary/aromatic N) is 19. The van der Waals surface area contributed by atoms with Crippen LogP contribution in [0.4, 0.5) is 0 Å². The highest BCUT2D eigenvalue weighted by Crippen LogP contribution is 2.53. The van der Waals surface area contributed by atoms with Crippen LogP contribution >= 0.6 is 11.3 Å². The summed E-state index contributed by atoms with van der Waals surface area (Å²) in [6.07, 6.45) is 0. The average molecular weight is 1870 g/mol. The van der Waals surface area contributed by atoms with Gasteiger partial charge in [-0.2, -0.15) is 29.9 Å². The fourth-order valence-electron chi connectivity index (χ4n) is 21.5. The molecule has 19 nitrogen and oxygen atoms in total. The maximum atomic E-state index is 5.17. The standard InChI is InChI=1S/C43H30N6.C41H27N7.C40H24N6S/c1-43(2)33-21-10-9-18-31(33)32-20-13-19-30(38(32)43)29-24-25-36-37(26-29)48-35-23-12-11-22-34(35)44-42(48)49(36)41-46-39(27-14-5-3-6-15-27)45-40(47-41)28-16-7-4-8-17-28;1-46-33-21-10-8-17-30(33)31-19-12-18-29(37(31)46)28-23-24-35-36(25-28)47-34-22-11-9-20-32(34)42-41(47)48(35)40-44-38(26-13-4-2-5-14-26)43-39(45-40)27-15-6-3-7-16-27;1-3-12-25(13-4-1)37-42-38(26-14-5-2-6-15-26)44-39(43-37)46-33-23-22-27(24-34(33)45-32-20-9-8-19-31(32)41-40(45)46)28-17-11-18-30-29-16-7-10-21-35(29)47-36(28)30/h3-26H,1-2H3;2-25H,1H3;1-24H. The normalized spacial score (nSPS) is 12.3. The van der Waals surface area contributed by atoms with Gasteiger partial charge in [0.15, 0.2) is 34.9 Å². The lowest BCUT2D eigenvalue weighted by atomic mass is 9.79. The molecule has 0 radical (unpaired) electrons. The summed E-state index contributed by atoms with van der Waals surface area (Å²) >= 11 is 1.85. The molecular formula is C124H81N19S. The van der Waals surface area contributed by atoms with Crippen molar-refractivity contribution >= 4 is 137 Å². The van der Waals surface area contributed by atoms with E-state index in [1.165, 1.54) is 80.9 Å².